The molecule has 0 saturated carbocycles. The monoisotopic (exact) mass is 490 g/mol. The highest BCUT2D eigenvalue weighted by Gasteiger charge is 2.19. The largest absolute Gasteiger partial charge is 0.495 e. The fraction of sp³-hybridized carbons (Fsp3) is 0.348. The van der Waals surface area contributed by atoms with Gasteiger partial charge < -0.3 is 24.1 Å². The average molecular weight is 491 g/mol. The molecule has 1 N–H and O–H groups in total. The number of nitrogens with one attached hydrogen (secondary N) is 1. The number of anilines is 1. The van der Waals surface area contributed by atoms with Crippen molar-refractivity contribution in [3.63, 3.8) is 0 Å². The molecular formula is C23H27ClN4O4S. The van der Waals surface area contributed by atoms with Gasteiger partial charge in [-0.15, -0.1) is 10.2 Å². The second kappa shape index (κ2) is 10.8. The summed E-state index contributed by atoms with van der Waals surface area (Å²) in [5.41, 5.74) is 2.73. The van der Waals surface area contributed by atoms with Gasteiger partial charge in [0.25, 0.3) is 0 Å². The molecule has 3 rings (SSSR count). The van der Waals surface area contributed by atoms with E-state index in [2.05, 4.69) is 21.6 Å². The minimum atomic E-state index is -0.308. The van der Waals surface area contributed by atoms with Crippen LogP contribution in [0.4, 0.5) is 5.69 Å². The maximum atomic E-state index is 12.6. The van der Waals surface area contributed by atoms with Gasteiger partial charge in [-0.3, -0.25) is 4.79 Å². The molecule has 176 valence electrons. The second-order valence-corrected chi connectivity index (χ2v) is 8.86. The van der Waals surface area contributed by atoms with Crippen LogP contribution in [0.2, 0.25) is 5.02 Å². The minimum Gasteiger partial charge on any atom is -0.495 e. The molecule has 0 saturated heterocycles. The smallest absolute Gasteiger partial charge is 0.234 e. The molecule has 33 heavy (non-hydrogen) atoms. The number of aromatic nitrogens is 3. The Kier molecular flexibility index (Phi) is 8.10. The first-order valence-corrected chi connectivity index (χ1v) is 11.6. The topological polar surface area (TPSA) is 87.5 Å². The van der Waals surface area contributed by atoms with Crippen molar-refractivity contribution in [1.82, 2.24) is 14.8 Å². The second-order valence-electron chi connectivity index (χ2n) is 7.51. The number of carbonyl (C=O) groups is 1. The standard InChI is InChI=1S/C23H27ClN4O4S/c1-13-7-14(2)9-16(8-13)32-15(3)22-26-27-23(28(22)4)33-12-21(29)25-18-11-19(30-5)17(24)10-20(18)31-6/h7-11,15H,12H2,1-6H3,(H,25,29). The van der Waals surface area contributed by atoms with Crippen LogP contribution in [0.3, 0.4) is 0 Å². The average Bonchev–Trinajstić information content (AvgIpc) is 3.12. The van der Waals surface area contributed by atoms with Gasteiger partial charge in [0.05, 0.1) is 30.7 Å². The van der Waals surface area contributed by atoms with Gasteiger partial charge >= 0.3 is 0 Å². The summed E-state index contributed by atoms with van der Waals surface area (Å²) in [6.45, 7) is 5.98. The molecule has 1 heterocycles. The Morgan fingerprint density at radius 2 is 1.76 bits per heavy atom. The number of amides is 1. The summed E-state index contributed by atoms with van der Waals surface area (Å²) >= 11 is 7.39. The van der Waals surface area contributed by atoms with E-state index in [1.807, 2.05) is 44.5 Å². The molecule has 1 atom stereocenters. The van der Waals surface area contributed by atoms with Gasteiger partial charge in [0, 0.05) is 19.2 Å². The van der Waals surface area contributed by atoms with Crippen LogP contribution in [0.15, 0.2) is 35.5 Å². The van der Waals surface area contributed by atoms with Gasteiger partial charge in [-0.1, -0.05) is 29.4 Å². The van der Waals surface area contributed by atoms with E-state index < -0.39 is 0 Å². The van der Waals surface area contributed by atoms with Gasteiger partial charge in [-0.25, -0.2) is 0 Å². The zero-order chi connectivity index (χ0) is 24.1. The lowest BCUT2D eigenvalue weighted by molar-refractivity contribution is -0.113. The Hall–Kier alpha value is -2.91. The molecule has 8 nitrogen and oxygen atoms in total. The van der Waals surface area contributed by atoms with Crippen molar-refractivity contribution in [1.29, 1.82) is 0 Å². The van der Waals surface area contributed by atoms with Crippen LogP contribution >= 0.6 is 23.4 Å². The van der Waals surface area contributed by atoms with E-state index in [-0.39, 0.29) is 17.8 Å². The molecular weight excluding hydrogens is 464 g/mol. The fourth-order valence-electron chi connectivity index (χ4n) is 3.34. The van der Waals surface area contributed by atoms with Crippen molar-refractivity contribution < 1.29 is 19.0 Å². The van der Waals surface area contributed by atoms with Crippen LogP contribution in [0, 0.1) is 13.8 Å². The van der Waals surface area contributed by atoms with Crippen molar-refractivity contribution in [3.8, 4) is 17.2 Å². The Labute approximate surface area is 202 Å². The molecule has 0 fully saturated rings. The third-order valence-electron chi connectivity index (χ3n) is 4.82. The van der Waals surface area contributed by atoms with Crippen molar-refractivity contribution >= 4 is 35.0 Å². The molecule has 0 aliphatic carbocycles. The number of hydrogen-bond donors (Lipinski definition) is 1. The lowest BCUT2D eigenvalue weighted by Gasteiger charge is -2.15. The van der Waals surface area contributed by atoms with E-state index >= 15 is 0 Å². The molecule has 0 bridgehead atoms. The summed E-state index contributed by atoms with van der Waals surface area (Å²) in [5.74, 6) is 2.23. The number of benzene rings is 2. The van der Waals surface area contributed by atoms with Gasteiger partial charge in [0.15, 0.2) is 17.1 Å². The van der Waals surface area contributed by atoms with Gasteiger partial charge in [-0.05, 0) is 44.0 Å². The third-order valence-corrected chi connectivity index (χ3v) is 6.14. The zero-order valence-electron chi connectivity index (χ0n) is 19.4. The lowest BCUT2D eigenvalue weighted by Crippen LogP contribution is -2.15. The summed E-state index contributed by atoms with van der Waals surface area (Å²) in [6.07, 6.45) is -0.308. The Morgan fingerprint density at radius 1 is 1.09 bits per heavy atom. The molecule has 0 radical (unpaired) electrons. The number of ether oxygens (including phenoxy) is 3. The molecule has 10 heteroatoms. The minimum absolute atomic E-state index is 0.131. The van der Waals surface area contributed by atoms with Crippen molar-refractivity contribution in [2.24, 2.45) is 7.05 Å². The SMILES string of the molecule is COc1cc(NC(=O)CSc2nnc(C(C)Oc3cc(C)cc(C)c3)n2C)c(OC)cc1Cl. The Morgan fingerprint density at radius 3 is 2.39 bits per heavy atom. The number of rotatable bonds is 9. The van der Waals surface area contributed by atoms with Gasteiger partial charge in [0.1, 0.15) is 17.2 Å². The molecule has 1 aromatic heterocycles. The van der Waals surface area contributed by atoms with Gasteiger partial charge in [-0.2, -0.15) is 0 Å². The maximum absolute atomic E-state index is 12.6. The first-order valence-electron chi connectivity index (χ1n) is 10.2. The molecule has 0 aliphatic rings. The van der Waals surface area contributed by atoms with E-state index in [9.17, 15) is 4.79 Å². The number of carbonyl (C=O) groups excluding carboxylic acids is 1. The van der Waals surface area contributed by atoms with Crippen LogP contribution in [0.25, 0.3) is 0 Å². The first kappa shape index (κ1) is 24.7. The fourth-order valence-corrected chi connectivity index (χ4v) is 4.29. The highest BCUT2D eigenvalue weighted by molar-refractivity contribution is 7.99. The van der Waals surface area contributed by atoms with Crippen LogP contribution in [-0.2, 0) is 11.8 Å². The summed E-state index contributed by atoms with van der Waals surface area (Å²) in [7, 11) is 4.86. The summed E-state index contributed by atoms with van der Waals surface area (Å²) in [6, 6.07) is 9.28. The number of hydrogen-bond acceptors (Lipinski definition) is 7. The van der Waals surface area contributed by atoms with Crippen LogP contribution in [0.5, 0.6) is 17.2 Å². The lowest BCUT2D eigenvalue weighted by atomic mass is 10.1. The predicted molar refractivity (Wildman–Crippen MR) is 130 cm³/mol. The number of thioether (sulfide) groups is 1. The number of methoxy groups -OCH3 is 2. The molecule has 2 aromatic carbocycles. The molecule has 0 spiro atoms. The van der Waals surface area contributed by atoms with Crippen molar-refractivity contribution in [2.45, 2.75) is 32.0 Å². The maximum Gasteiger partial charge on any atom is 0.234 e. The van der Waals surface area contributed by atoms with Crippen LogP contribution < -0.4 is 19.5 Å². The summed E-state index contributed by atoms with van der Waals surface area (Å²) in [4.78, 5) is 12.6. The van der Waals surface area contributed by atoms with E-state index in [1.165, 1.54) is 26.0 Å². The Bertz CT molecular complexity index is 1130. The molecule has 1 amide bonds. The molecule has 3 aromatic rings. The van der Waals surface area contributed by atoms with Crippen molar-refractivity contribution in [3.05, 3.63) is 52.3 Å². The van der Waals surface area contributed by atoms with Gasteiger partial charge in [0.2, 0.25) is 5.91 Å². The van der Waals surface area contributed by atoms with E-state index in [0.717, 1.165) is 16.9 Å². The molecule has 0 aliphatic heterocycles. The van der Waals surface area contributed by atoms with E-state index in [1.54, 1.807) is 12.1 Å². The summed E-state index contributed by atoms with van der Waals surface area (Å²) < 4.78 is 18.4. The van der Waals surface area contributed by atoms with Crippen LogP contribution in [-0.4, -0.2) is 40.6 Å². The number of halogens is 1. The number of aryl methyl sites for hydroxylation is 2. The highest BCUT2D eigenvalue weighted by atomic mass is 35.5. The van der Waals surface area contributed by atoms with Crippen LogP contribution in [0.1, 0.15) is 30.0 Å². The summed E-state index contributed by atoms with van der Waals surface area (Å²) in [5, 5.41) is 12.3. The normalized spacial score (nSPS) is 11.7. The third kappa shape index (κ3) is 6.11. The van der Waals surface area contributed by atoms with E-state index in [0.29, 0.717) is 33.2 Å². The zero-order valence-corrected chi connectivity index (χ0v) is 21.0. The first-order chi connectivity index (χ1) is 15.7. The Balaban J connectivity index is 1.64. The van der Waals surface area contributed by atoms with Crippen molar-refractivity contribution in [2.75, 3.05) is 25.3 Å². The molecule has 1 unspecified atom stereocenters. The highest BCUT2D eigenvalue weighted by Crippen LogP contribution is 2.36. The number of nitrogens with zero attached hydrogens (tertiary/aromatic N) is 3. The quantitative estimate of drug-likeness (QED) is 0.423. The van der Waals surface area contributed by atoms with E-state index in [4.69, 9.17) is 25.8 Å². The predicted octanol–water partition coefficient (Wildman–Crippen LogP) is 4.97.